The maximum atomic E-state index is 12.7. The van der Waals surface area contributed by atoms with Gasteiger partial charge in [-0.05, 0) is 49.7 Å². The fourth-order valence-corrected chi connectivity index (χ4v) is 3.59. The Bertz CT molecular complexity index is 1200. The molecule has 0 aliphatic carbocycles. The molecule has 0 atom stereocenters. The molecule has 0 spiro atoms. The molecule has 0 fully saturated rings. The summed E-state index contributed by atoms with van der Waals surface area (Å²) in [6.07, 6.45) is 3.14. The number of ether oxygens (including phenoxy) is 2. The van der Waals surface area contributed by atoms with Gasteiger partial charge in [0.15, 0.2) is 11.7 Å². The van der Waals surface area contributed by atoms with E-state index in [0.29, 0.717) is 43.8 Å². The highest BCUT2D eigenvalue weighted by Crippen LogP contribution is 2.24. The Hall–Kier alpha value is -3.65. The van der Waals surface area contributed by atoms with Crippen LogP contribution in [0, 0.1) is 0 Å². The van der Waals surface area contributed by atoms with Crippen LogP contribution < -0.4 is 10.1 Å². The number of oxazole rings is 1. The first-order chi connectivity index (χ1) is 16.2. The number of carbonyl (C=O) groups is 1. The fraction of sp³-hybridized carbons (Fsp3) is 0.320. The van der Waals surface area contributed by atoms with Crippen molar-refractivity contribution in [3.63, 3.8) is 0 Å². The van der Waals surface area contributed by atoms with Crippen molar-refractivity contribution in [2.45, 2.75) is 32.7 Å². The van der Waals surface area contributed by atoms with Gasteiger partial charge in [-0.1, -0.05) is 12.1 Å². The Morgan fingerprint density at radius 3 is 2.76 bits per heavy atom. The summed E-state index contributed by atoms with van der Waals surface area (Å²) in [6.45, 7) is 4.04. The number of methoxy groups -OCH3 is 1. The fourth-order valence-electron chi connectivity index (χ4n) is 3.59. The number of hydrogen-bond donors (Lipinski definition) is 1. The predicted molar refractivity (Wildman–Crippen MR) is 126 cm³/mol. The first kappa shape index (κ1) is 22.5. The van der Waals surface area contributed by atoms with E-state index in [0.717, 1.165) is 28.8 Å². The summed E-state index contributed by atoms with van der Waals surface area (Å²) < 4.78 is 18.5. The van der Waals surface area contributed by atoms with E-state index in [2.05, 4.69) is 15.3 Å². The van der Waals surface area contributed by atoms with Gasteiger partial charge in [0.25, 0.3) is 0 Å². The van der Waals surface area contributed by atoms with Crippen LogP contribution in [0.5, 0.6) is 5.75 Å². The molecule has 4 aromatic rings. The van der Waals surface area contributed by atoms with Crippen molar-refractivity contribution in [2.24, 2.45) is 0 Å². The van der Waals surface area contributed by atoms with Crippen molar-refractivity contribution in [3.8, 4) is 17.1 Å². The standard InChI is InChI=1S/C25H28N4O4/c1-3-32-16-6-15-29-21-8-5-4-7-20(21)27-25(29)28-23(30)13-14-24-26-17-22(33-24)18-9-11-19(31-2)12-10-18/h4-5,7-12,17H,3,6,13-16H2,1-2H3,(H,27,28,30). The van der Waals surface area contributed by atoms with E-state index in [1.807, 2.05) is 60.0 Å². The van der Waals surface area contributed by atoms with Gasteiger partial charge in [-0.15, -0.1) is 0 Å². The first-order valence-electron chi connectivity index (χ1n) is 11.1. The van der Waals surface area contributed by atoms with E-state index in [9.17, 15) is 4.79 Å². The molecule has 33 heavy (non-hydrogen) atoms. The Balaban J connectivity index is 1.38. The molecule has 8 heteroatoms. The second-order valence-corrected chi connectivity index (χ2v) is 7.52. The summed E-state index contributed by atoms with van der Waals surface area (Å²) in [6, 6.07) is 15.4. The second kappa shape index (κ2) is 10.8. The summed E-state index contributed by atoms with van der Waals surface area (Å²) >= 11 is 0. The highest BCUT2D eigenvalue weighted by molar-refractivity contribution is 5.91. The van der Waals surface area contributed by atoms with Crippen LogP contribution in [0.1, 0.15) is 25.7 Å². The third-order valence-corrected chi connectivity index (χ3v) is 5.27. The molecule has 172 valence electrons. The number of aryl methyl sites for hydroxylation is 2. The number of carbonyl (C=O) groups excluding carboxylic acids is 1. The molecular weight excluding hydrogens is 420 g/mol. The zero-order chi connectivity index (χ0) is 23.0. The molecule has 0 radical (unpaired) electrons. The largest absolute Gasteiger partial charge is 0.497 e. The molecule has 0 aliphatic rings. The molecule has 0 bridgehead atoms. The Morgan fingerprint density at radius 2 is 1.97 bits per heavy atom. The van der Waals surface area contributed by atoms with Gasteiger partial charge in [0.05, 0.1) is 24.3 Å². The maximum absolute atomic E-state index is 12.7. The molecule has 2 aromatic heterocycles. The lowest BCUT2D eigenvalue weighted by molar-refractivity contribution is -0.116. The number of fused-ring (bicyclic) bond motifs is 1. The molecule has 2 aromatic carbocycles. The van der Waals surface area contributed by atoms with Crippen molar-refractivity contribution in [3.05, 3.63) is 60.6 Å². The predicted octanol–water partition coefficient (Wildman–Crippen LogP) is 4.70. The molecule has 8 nitrogen and oxygen atoms in total. The van der Waals surface area contributed by atoms with Crippen molar-refractivity contribution in [1.82, 2.24) is 14.5 Å². The van der Waals surface area contributed by atoms with E-state index < -0.39 is 0 Å². The van der Waals surface area contributed by atoms with Crippen LogP contribution in [0.15, 0.2) is 59.1 Å². The van der Waals surface area contributed by atoms with Crippen LogP contribution >= 0.6 is 0 Å². The number of hydrogen-bond acceptors (Lipinski definition) is 6. The van der Waals surface area contributed by atoms with E-state index in [1.165, 1.54) is 0 Å². The monoisotopic (exact) mass is 448 g/mol. The molecule has 1 amide bonds. The first-order valence-corrected chi connectivity index (χ1v) is 11.1. The Morgan fingerprint density at radius 1 is 1.15 bits per heavy atom. The summed E-state index contributed by atoms with van der Waals surface area (Å²) in [7, 11) is 1.63. The molecule has 0 aliphatic heterocycles. The summed E-state index contributed by atoms with van der Waals surface area (Å²) in [5.41, 5.74) is 2.74. The molecule has 4 rings (SSSR count). The minimum atomic E-state index is -0.138. The highest BCUT2D eigenvalue weighted by atomic mass is 16.5. The van der Waals surface area contributed by atoms with Crippen LogP contribution in [-0.4, -0.2) is 40.8 Å². The third kappa shape index (κ3) is 5.59. The molecule has 0 saturated heterocycles. The van der Waals surface area contributed by atoms with Gasteiger partial charge in [-0.2, -0.15) is 0 Å². The maximum Gasteiger partial charge on any atom is 0.227 e. The minimum Gasteiger partial charge on any atom is -0.497 e. The third-order valence-electron chi connectivity index (χ3n) is 5.27. The van der Waals surface area contributed by atoms with Gasteiger partial charge in [0.1, 0.15) is 5.75 Å². The number of para-hydroxylation sites is 2. The molecule has 2 heterocycles. The molecule has 0 saturated carbocycles. The number of imidazole rings is 1. The minimum absolute atomic E-state index is 0.138. The van der Waals surface area contributed by atoms with Crippen molar-refractivity contribution >= 4 is 22.9 Å². The highest BCUT2D eigenvalue weighted by Gasteiger charge is 2.14. The van der Waals surface area contributed by atoms with Crippen LogP contribution in [0.4, 0.5) is 5.95 Å². The van der Waals surface area contributed by atoms with Crippen molar-refractivity contribution in [2.75, 3.05) is 25.6 Å². The Labute approximate surface area is 192 Å². The van der Waals surface area contributed by atoms with Crippen LogP contribution in [0.25, 0.3) is 22.4 Å². The number of nitrogens with one attached hydrogen (secondary N) is 1. The zero-order valence-corrected chi connectivity index (χ0v) is 18.9. The number of aromatic nitrogens is 3. The van der Waals surface area contributed by atoms with Gasteiger partial charge in [0.2, 0.25) is 11.9 Å². The lowest BCUT2D eigenvalue weighted by Gasteiger charge is -2.10. The number of rotatable bonds is 11. The smallest absolute Gasteiger partial charge is 0.227 e. The lowest BCUT2D eigenvalue weighted by Crippen LogP contribution is -2.17. The summed E-state index contributed by atoms with van der Waals surface area (Å²) in [5, 5.41) is 2.95. The van der Waals surface area contributed by atoms with Crippen molar-refractivity contribution < 1.29 is 18.7 Å². The van der Waals surface area contributed by atoms with Crippen LogP contribution in [-0.2, 0) is 22.5 Å². The number of amides is 1. The van der Waals surface area contributed by atoms with Crippen molar-refractivity contribution in [1.29, 1.82) is 0 Å². The van der Waals surface area contributed by atoms with Gasteiger partial charge in [-0.3, -0.25) is 10.1 Å². The summed E-state index contributed by atoms with van der Waals surface area (Å²) in [5.74, 6) is 2.36. The average molecular weight is 449 g/mol. The Kier molecular flexibility index (Phi) is 7.36. The van der Waals surface area contributed by atoms with Gasteiger partial charge < -0.3 is 18.5 Å². The number of nitrogens with zero attached hydrogens (tertiary/aromatic N) is 3. The number of benzene rings is 2. The van der Waals surface area contributed by atoms with Gasteiger partial charge in [0, 0.05) is 38.2 Å². The average Bonchev–Trinajstić information content (AvgIpc) is 3.45. The molecule has 1 N–H and O–H groups in total. The lowest BCUT2D eigenvalue weighted by atomic mass is 10.2. The van der Waals surface area contributed by atoms with E-state index in [4.69, 9.17) is 13.9 Å². The van der Waals surface area contributed by atoms with Crippen LogP contribution in [0.3, 0.4) is 0 Å². The van der Waals surface area contributed by atoms with E-state index in [1.54, 1.807) is 13.3 Å². The quantitative estimate of drug-likeness (QED) is 0.335. The molecular formula is C25H28N4O4. The SMILES string of the molecule is CCOCCCn1c(NC(=O)CCc2ncc(-c3ccc(OC)cc3)o2)nc2ccccc21. The summed E-state index contributed by atoms with van der Waals surface area (Å²) in [4.78, 5) is 21.6. The van der Waals surface area contributed by atoms with Gasteiger partial charge >= 0.3 is 0 Å². The number of anilines is 1. The zero-order valence-electron chi connectivity index (χ0n) is 18.9. The normalized spacial score (nSPS) is 11.1. The van der Waals surface area contributed by atoms with E-state index in [-0.39, 0.29) is 12.3 Å². The van der Waals surface area contributed by atoms with E-state index >= 15 is 0 Å². The molecule has 0 unspecified atom stereocenters. The topological polar surface area (TPSA) is 91.4 Å². The second-order valence-electron chi connectivity index (χ2n) is 7.52. The van der Waals surface area contributed by atoms with Gasteiger partial charge in [-0.25, -0.2) is 9.97 Å². The van der Waals surface area contributed by atoms with Crippen LogP contribution in [0.2, 0.25) is 0 Å².